The third-order valence-corrected chi connectivity index (χ3v) is 5.08. The lowest BCUT2D eigenvalue weighted by Gasteiger charge is -2.34. The monoisotopic (exact) mass is 377 g/mol. The molecule has 0 aliphatic carbocycles. The highest BCUT2D eigenvalue weighted by Gasteiger charge is 2.20. The maximum absolute atomic E-state index is 12.1. The van der Waals surface area contributed by atoms with Crippen molar-refractivity contribution in [1.29, 1.82) is 0 Å². The minimum absolute atomic E-state index is 0.0426. The van der Waals surface area contributed by atoms with Gasteiger partial charge in [0.2, 0.25) is 11.9 Å². The first-order chi connectivity index (χ1) is 13.2. The van der Waals surface area contributed by atoms with Crippen LogP contribution in [-0.4, -0.2) is 85.5 Å². The second-order valence-electron chi connectivity index (χ2n) is 7.13. The Kier molecular flexibility index (Phi) is 7.79. The molecule has 0 bridgehead atoms. The fourth-order valence-electron chi connectivity index (χ4n) is 3.39. The fourth-order valence-corrected chi connectivity index (χ4v) is 3.39. The van der Waals surface area contributed by atoms with E-state index in [1.807, 2.05) is 6.07 Å². The summed E-state index contributed by atoms with van der Waals surface area (Å²) in [5.74, 6) is 0.764. The van der Waals surface area contributed by atoms with E-state index in [9.17, 15) is 4.79 Å². The summed E-state index contributed by atoms with van der Waals surface area (Å²) in [6, 6.07) is 1.84. The van der Waals surface area contributed by atoms with Crippen molar-refractivity contribution in [2.24, 2.45) is 0 Å². The van der Waals surface area contributed by atoms with Gasteiger partial charge >= 0.3 is 0 Å². The average Bonchev–Trinajstić information content (AvgIpc) is 3.24. The van der Waals surface area contributed by atoms with Gasteiger partial charge in [0.25, 0.3) is 0 Å². The van der Waals surface area contributed by atoms with Crippen LogP contribution in [0.4, 0.5) is 5.95 Å². The first-order valence-corrected chi connectivity index (χ1v) is 9.97. The van der Waals surface area contributed by atoms with Crippen LogP contribution in [0.2, 0.25) is 0 Å². The molecule has 3 heterocycles. The van der Waals surface area contributed by atoms with Crippen LogP contribution in [0, 0.1) is 0 Å². The van der Waals surface area contributed by atoms with E-state index in [0.717, 1.165) is 64.5 Å². The third kappa shape index (κ3) is 6.41. The van der Waals surface area contributed by atoms with Crippen molar-refractivity contribution >= 4 is 11.9 Å². The molecule has 1 N–H and O–H groups in total. The van der Waals surface area contributed by atoms with Crippen LogP contribution in [0.1, 0.15) is 26.2 Å². The summed E-state index contributed by atoms with van der Waals surface area (Å²) in [4.78, 5) is 25.3. The highest BCUT2D eigenvalue weighted by Crippen LogP contribution is 2.13. The van der Waals surface area contributed by atoms with Gasteiger partial charge in [0.05, 0.1) is 12.7 Å². The zero-order valence-corrected chi connectivity index (χ0v) is 16.2. The lowest BCUT2D eigenvalue weighted by Crippen LogP contribution is -2.47. The summed E-state index contributed by atoms with van der Waals surface area (Å²) >= 11 is 0. The van der Waals surface area contributed by atoms with Crippen molar-refractivity contribution < 1.29 is 14.3 Å². The number of carbonyl (C=O) groups excluding carboxylic acids is 1. The first-order valence-electron chi connectivity index (χ1n) is 9.97. The predicted molar refractivity (Wildman–Crippen MR) is 103 cm³/mol. The van der Waals surface area contributed by atoms with E-state index in [-0.39, 0.29) is 12.0 Å². The molecule has 2 aliphatic rings. The Morgan fingerprint density at radius 3 is 2.81 bits per heavy atom. The minimum atomic E-state index is -0.427. The Morgan fingerprint density at radius 1 is 1.33 bits per heavy atom. The lowest BCUT2D eigenvalue weighted by atomic mass is 10.2. The van der Waals surface area contributed by atoms with Gasteiger partial charge in [-0.2, -0.15) is 0 Å². The molecule has 1 aromatic heterocycles. The van der Waals surface area contributed by atoms with Crippen molar-refractivity contribution in [3.8, 4) is 0 Å². The van der Waals surface area contributed by atoms with Gasteiger partial charge in [-0.1, -0.05) is 0 Å². The Balaban J connectivity index is 1.24. The number of carbonyl (C=O) groups is 1. The summed E-state index contributed by atoms with van der Waals surface area (Å²) in [5.41, 5.74) is 0. The summed E-state index contributed by atoms with van der Waals surface area (Å²) in [7, 11) is 0. The standard InChI is InChI=1S/C19H31N5O3/c1-16(27-15-17-5-2-14-26-17)18(25)20-8-4-9-23-10-12-24(13-11-23)19-21-6-3-7-22-19/h3,6-7,16-17H,2,4-5,8-15H2,1H3,(H,20,25). The van der Waals surface area contributed by atoms with Gasteiger partial charge < -0.3 is 19.7 Å². The van der Waals surface area contributed by atoms with Crippen LogP contribution in [0.5, 0.6) is 0 Å². The van der Waals surface area contributed by atoms with Crippen molar-refractivity contribution in [1.82, 2.24) is 20.2 Å². The molecular formula is C19H31N5O3. The fraction of sp³-hybridized carbons (Fsp3) is 0.737. The summed E-state index contributed by atoms with van der Waals surface area (Å²) < 4.78 is 11.1. The second kappa shape index (κ2) is 10.5. The molecule has 2 fully saturated rings. The van der Waals surface area contributed by atoms with Crippen molar-refractivity contribution in [3.63, 3.8) is 0 Å². The van der Waals surface area contributed by atoms with E-state index in [4.69, 9.17) is 9.47 Å². The molecule has 2 atom stereocenters. The molecule has 0 spiro atoms. The highest BCUT2D eigenvalue weighted by atomic mass is 16.5. The number of ether oxygens (including phenoxy) is 2. The van der Waals surface area contributed by atoms with Crippen molar-refractivity contribution in [2.45, 2.75) is 38.4 Å². The Morgan fingerprint density at radius 2 is 2.11 bits per heavy atom. The quantitative estimate of drug-likeness (QED) is 0.634. The van der Waals surface area contributed by atoms with E-state index in [1.54, 1.807) is 19.3 Å². The molecule has 3 rings (SSSR count). The maximum atomic E-state index is 12.1. The van der Waals surface area contributed by atoms with Gasteiger partial charge in [-0.05, 0) is 38.8 Å². The predicted octanol–water partition coefficient (Wildman–Crippen LogP) is 0.689. The van der Waals surface area contributed by atoms with Crippen molar-refractivity contribution in [2.75, 3.05) is 57.4 Å². The van der Waals surface area contributed by atoms with Crippen LogP contribution in [0.25, 0.3) is 0 Å². The average molecular weight is 377 g/mol. The summed E-state index contributed by atoms with van der Waals surface area (Å²) in [5, 5.41) is 2.97. The minimum Gasteiger partial charge on any atom is -0.376 e. The van der Waals surface area contributed by atoms with Gasteiger partial charge in [0, 0.05) is 51.7 Å². The largest absolute Gasteiger partial charge is 0.376 e. The normalized spacial score (nSPS) is 22.0. The Bertz CT molecular complexity index is 560. The molecule has 2 saturated heterocycles. The van der Waals surface area contributed by atoms with Gasteiger partial charge in [-0.25, -0.2) is 9.97 Å². The molecule has 0 aromatic carbocycles. The number of rotatable bonds is 9. The van der Waals surface area contributed by atoms with Gasteiger partial charge in [-0.15, -0.1) is 0 Å². The number of anilines is 1. The molecule has 1 aromatic rings. The Hall–Kier alpha value is -1.77. The van der Waals surface area contributed by atoms with Crippen LogP contribution in [0.15, 0.2) is 18.5 Å². The number of aromatic nitrogens is 2. The molecule has 2 unspecified atom stereocenters. The van der Waals surface area contributed by atoms with Crippen LogP contribution >= 0.6 is 0 Å². The molecule has 8 nitrogen and oxygen atoms in total. The molecular weight excluding hydrogens is 346 g/mol. The van der Waals surface area contributed by atoms with E-state index in [1.165, 1.54) is 0 Å². The van der Waals surface area contributed by atoms with Crippen LogP contribution in [-0.2, 0) is 14.3 Å². The summed E-state index contributed by atoms with van der Waals surface area (Å²) in [6.45, 7) is 8.62. The number of nitrogens with zero attached hydrogens (tertiary/aromatic N) is 4. The SMILES string of the molecule is CC(OCC1CCCO1)C(=O)NCCCN1CCN(c2ncccn2)CC1. The summed E-state index contributed by atoms with van der Waals surface area (Å²) in [6.07, 6.45) is 6.33. The molecule has 150 valence electrons. The lowest BCUT2D eigenvalue weighted by molar-refractivity contribution is -0.133. The maximum Gasteiger partial charge on any atom is 0.248 e. The third-order valence-electron chi connectivity index (χ3n) is 5.08. The van der Waals surface area contributed by atoms with Crippen LogP contribution < -0.4 is 10.2 Å². The van der Waals surface area contributed by atoms with Crippen LogP contribution in [0.3, 0.4) is 0 Å². The number of amides is 1. The highest BCUT2D eigenvalue weighted by molar-refractivity contribution is 5.80. The molecule has 1 amide bonds. The smallest absolute Gasteiger partial charge is 0.248 e. The second-order valence-corrected chi connectivity index (χ2v) is 7.13. The number of nitrogens with one attached hydrogen (secondary N) is 1. The Labute approximate surface area is 161 Å². The number of hydrogen-bond donors (Lipinski definition) is 1. The van der Waals surface area contributed by atoms with E-state index in [0.29, 0.717) is 13.2 Å². The molecule has 27 heavy (non-hydrogen) atoms. The zero-order chi connectivity index (χ0) is 18.9. The van der Waals surface area contributed by atoms with E-state index in [2.05, 4.69) is 25.1 Å². The first kappa shape index (κ1) is 20.0. The van der Waals surface area contributed by atoms with Gasteiger partial charge in [-0.3, -0.25) is 9.69 Å². The molecule has 2 aliphatic heterocycles. The zero-order valence-electron chi connectivity index (χ0n) is 16.2. The van der Waals surface area contributed by atoms with Crippen molar-refractivity contribution in [3.05, 3.63) is 18.5 Å². The van der Waals surface area contributed by atoms with E-state index >= 15 is 0 Å². The topological polar surface area (TPSA) is 79.8 Å². The van der Waals surface area contributed by atoms with E-state index < -0.39 is 6.10 Å². The number of piperazine rings is 1. The molecule has 0 saturated carbocycles. The van der Waals surface area contributed by atoms with Gasteiger partial charge in [0.15, 0.2) is 0 Å². The number of hydrogen-bond acceptors (Lipinski definition) is 7. The van der Waals surface area contributed by atoms with Gasteiger partial charge in [0.1, 0.15) is 6.10 Å². The molecule has 8 heteroatoms. The molecule has 0 radical (unpaired) electrons.